The van der Waals surface area contributed by atoms with Gasteiger partial charge in [0.1, 0.15) is 12.3 Å². The first-order valence-corrected chi connectivity index (χ1v) is 10.6. The molecular formula is C23H30N4O4. The summed E-state index contributed by atoms with van der Waals surface area (Å²) in [6, 6.07) is 6.53. The van der Waals surface area contributed by atoms with Gasteiger partial charge in [-0.3, -0.25) is 4.79 Å². The molecule has 8 nitrogen and oxygen atoms in total. The molecule has 3 aromatic rings. The Labute approximate surface area is 181 Å². The van der Waals surface area contributed by atoms with Crippen LogP contribution in [0.25, 0.3) is 10.9 Å². The maximum absolute atomic E-state index is 12.8. The van der Waals surface area contributed by atoms with Crippen LogP contribution < -0.4 is 11.1 Å². The monoisotopic (exact) mass is 426 g/mol. The van der Waals surface area contributed by atoms with E-state index in [1.165, 1.54) is 6.26 Å². The lowest BCUT2D eigenvalue weighted by atomic mass is 10.0. The fourth-order valence-electron chi connectivity index (χ4n) is 3.19. The second kappa shape index (κ2) is 10.3. The lowest BCUT2D eigenvalue weighted by Crippen LogP contribution is -2.43. The van der Waals surface area contributed by atoms with E-state index in [0.29, 0.717) is 12.5 Å². The zero-order valence-electron chi connectivity index (χ0n) is 18.2. The number of aromatic amines is 1. The number of carbonyl (C=O) groups excluding carboxylic acids is 2. The summed E-state index contributed by atoms with van der Waals surface area (Å²) in [6.45, 7) is 6.21. The van der Waals surface area contributed by atoms with Crippen molar-refractivity contribution in [3.8, 4) is 0 Å². The Morgan fingerprint density at radius 2 is 2.06 bits per heavy atom. The molecule has 1 amide bonds. The molecule has 2 atom stereocenters. The molecule has 0 fully saturated rings. The SMILES string of the molecule is CCCCOC(=O)C(Cc1c[nH]c2ccccc12)NC(=O)c1coc(C(N)C(C)C)n1. The van der Waals surface area contributed by atoms with Gasteiger partial charge in [0.2, 0.25) is 5.89 Å². The van der Waals surface area contributed by atoms with Crippen LogP contribution in [0.4, 0.5) is 0 Å². The van der Waals surface area contributed by atoms with Crippen LogP contribution in [0.5, 0.6) is 0 Å². The molecule has 0 saturated carbocycles. The summed E-state index contributed by atoms with van der Waals surface area (Å²) in [7, 11) is 0. The van der Waals surface area contributed by atoms with E-state index < -0.39 is 24.0 Å². The molecule has 0 saturated heterocycles. The minimum atomic E-state index is -0.859. The Balaban J connectivity index is 1.77. The molecule has 0 bridgehead atoms. The van der Waals surface area contributed by atoms with Gasteiger partial charge >= 0.3 is 5.97 Å². The van der Waals surface area contributed by atoms with Crippen LogP contribution >= 0.6 is 0 Å². The zero-order chi connectivity index (χ0) is 22.4. The number of para-hydroxylation sites is 1. The fourth-order valence-corrected chi connectivity index (χ4v) is 3.19. The molecule has 0 aliphatic heterocycles. The number of unbranched alkanes of at least 4 members (excludes halogenated alkanes) is 1. The van der Waals surface area contributed by atoms with Gasteiger partial charge in [-0.25, -0.2) is 9.78 Å². The van der Waals surface area contributed by atoms with E-state index in [0.717, 1.165) is 29.3 Å². The van der Waals surface area contributed by atoms with E-state index in [4.69, 9.17) is 14.9 Å². The Bertz CT molecular complexity index is 1020. The van der Waals surface area contributed by atoms with E-state index in [-0.39, 0.29) is 18.0 Å². The highest BCUT2D eigenvalue weighted by molar-refractivity contribution is 5.95. The Morgan fingerprint density at radius 1 is 1.29 bits per heavy atom. The smallest absolute Gasteiger partial charge is 0.328 e. The van der Waals surface area contributed by atoms with Gasteiger partial charge in [0.25, 0.3) is 5.91 Å². The van der Waals surface area contributed by atoms with Gasteiger partial charge in [0.15, 0.2) is 5.69 Å². The van der Waals surface area contributed by atoms with Crippen molar-refractivity contribution in [1.82, 2.24) is 15.3 Å². The topological polar surface area (TPSA) is 123 Å². The number of H-pyrrole nitrogens is 1. The minimum absolute atomic E-state index is 0.0800. The van der Waals surface area contributed by atoms with Crippen LogP contribution in [0.1, 0.15) is 61.6 Å². The first-order chi connectivity index (χ1) is 14.9. The highest BCUT2D eigenvalue weighted by atomic mass is 16.5. The number of nitrogens with zero attached hydrogens (tertiary/aromatic N) is 1. The lowest BCUT2D eigenvalue weighted by Gasteiger charge is -2.17. The predicted octanol–water partition coefficient (Wildman–Crippen LogP) is 3.50. The molecule has 1 aromatic carbocycles. The third-order valence-corrected chi connectivity index (χ3v) is 5.19. The number of hydrogen-bond donors (Lipinski definition) is 3. The van der Waals surface area contributed by atoms with Gasteiger partial charge in [-0.2, -0.15) is 0 Å². The number of nitrogens with one attached hydrogen (secondary N) is 2. The third kappa shape index (κ3) is 5.52. The van der Waals surface area contributed by atoms with E-state index in [1.54, 1.807) is 0 Å². The van der Waals surface area contributed by atoms with Crippen molar-refractivity contribution >= 4 is 22.8 Å². The van der Waals surface area contributed by atoms with E-state index >= 15 is 0 Å². The molecule has 2 heterocycles. The number of fused-ring (bicyclic) bond motifs is 1. The van der Waals surface area contributed by atoms with Gasteiger partial charge in [-0.15, -0.1) is 0 Å². The average Bonchev–Trinajstić information content (AvgIpc) is 3.40. The van der Waals surface area contributed by atoms with Gasteiger partial charge in [-0.1, -0.05) is 45.4 Å². The normalized spacial score (nSPS) is 13.3. The summed E-state index contributed by atoms with van der Waals surface area (Å²) in [5.74, 6) is -0.588. The number of hydrogen-bond acceptors (Lipinski definition) is 6. The van der Waals surface area contributed by atoms with Crippen LogP contribution in [0, 0.1) is 5.92 Å². The van der Waals surface area contributed by atoms with E-state index in [9.17, 15) is 9.59 Å². The molecule has 31 heavy (non-hydrogen) atoms. The minimum Gasteiger partial charge on any atom is -0.464 e. The third-order valence-electron chi connectivity index (χ3n) is 5.19. The number of aromatic nitrogens is 2. The first kappa shape index (κ1) is 22.6. The van der Waals surface area contributed by atoms with E-state index in [1.807, 2.05) is 51.2 Å². The number of nitrogens with two attached hydrogens (primary N) is 1. The fraction of sp³-hybridized carbons (Fsp3) is 0.435. The summed E-state index contributed by atoms with van der Waals surface area (Å²) < 4.78 is 10.8. The van der Waals surface area contributed by atoms with Crippen molar-refractivity contribution in [2.24, 2.45) is 11.7 Å². The van der Waals surface area contributed by atoms with Crippen molar-refractivity contribution < 1.29 is 18.7 Å². The largest absolute Gasteiger partial charge is 0.464 e. The van der Waals surface area contributed by atoms with Gasteiger partial charge in [0, 0.05) is 23.5 Å². The Hall–Kier alpha value is -3.13. The van der Waals surface area contributed by atoms with Crippen LogP contribution in [0.2, 0.25) is 0 Å². The van der Waals surface area contributed by atoms with Crippen LogP contribution in [0.15, 0.2) is 41.1 Å². The van der Waals surface area contributed by atoms with E-state index in [2.05, 4.69) is 15.3 Å². The molecule has 8 heteroatoms. The quantitative estimate of drug-likeness (QED) is 0.337. The second-order valence-electron chi connectivity index (χ2n) is 7.95. The second-order valence-corrected chi connectivity index (χ2v) is 7.95. The van der Waals surface area contributed by atoms with Gasteiger partial charge in [0.05, 0.1) is 12.6 Å². The molecule has 2 aromatic heterocycles. The van der Waals surface area contributed by atoms with Gasteiger partial charge < -0.3 is 25.2 Å². The van der Waals surface area contributed by atoms with Crippen molar-refractivity contribution in [3.63, 3.8) is 0 Å². The number of amides is 1. The molecular weight excluding hydrogens is 396 g/mol. The maximum atomic E-state index is 12.8. The summed E-state index contributed by atoms with van der Waals surface area (Å²) in [5, 5.41) is 3.75. The first-order valence-electron chi connectivity index (χ1n) is 10.6. The number of oxazole rings is 1. The lowest BCUT2D eigenvalue weighted by molar-refractivity contribution is -0.146. The average molecular weight is 427 g/mol. The van der Waals surface area contributed by atoms with Crippen molar-refractivity contribution in [2.45, 2.75) is 52.1 Å². The van der Waals surface area contributed by atoms with Crippen molar-refractivity contribution in [2.75, 3.05) is 6.61 Å². The Kier molecular flexibility index (Phi) is 7.46. The number of benzene rings is 1. The molecule has 4 N–H and O–H groups in total. The molecule has 0 aliphatic carbocycles. The highest BCUT2D eigenvalue weighted by Crippen LogP contribution is 2.20. The summed E-state index contributed by atoms with van der Waals surface area (Å²) in [5.41, 5.74) is 8.00. The molecule has 0 spiro atoms. The number of esters is 1. The number of carbonyl (C=O) groups is 2. The summed E-state index contributed by atoms with van der Waals surface area (Å²) >= 11 is 0. The zero-order valence-corrected chi connectivity index (χ0v) is 18.2. The van der Waals surface area contributed by atoms with Crippen LogP contribution in [-0.2, 0) is 16.0 Å². The molecule has 2 unspecified atom stereocenters. The van der Waals surface area contributed by atoms with Crippen LogP contribution in [0.3, 0.4) is 0 Å². The van der Waals surface area contributed by atoms with Crippen molar-refractivity contribution in [1.29, 1.82) is 0 Å². The molecule has 0 radical (unpaired) electrons. The highest BCUT2D eigenvalue weighted by Gasteiger charge is 2.27. The standard InChI is InChI=1S/C23H30N4O4/c1-4-5-10-30-23(29)18(11-15-12-25-17-9-7-6-8-16(15)17)26-21(28)19-13-31-22(27-19)20(24)14(2)3/h6-9,12-14,18,20,25H,4-5,10-11,24H2,1-3H3,(H,26,28). The molecule has 0 aliphatic rings. The van der Waals surface area contributed by atoms with Crippen molar-refractivity contribution in [3.05, 3.63) is 53.9 Å². The predicted molar refractivity (Wildman–Crippen MR) is 117 cm³/mol. The Morgan fingerprint density at radius 3 is 2.81 bits per heavy atom. The number of rotatable bonds is 10. The summed E-state index contributed by atoms with van der Waals surface area (Å²) in [6.07, 6.45) is 5.07. The van der Waals surface area contributed by atoms with Crippen LogP contribution in [-0.4, -0.2) is 34.5 Å². The maximum Gasteiger partial charge on any atom is 0.328 e. The summed E-state index contributed by atoms with van der Waals surface area (Å²) in [4.78, 5) is 32.9. The number of ether oxygens (including phenoxy) is 1. The molecule has 166 valence electrons. The van der Waals surface area contributed by atoms with Gasteiger partial charge in [-0.05, 0) is 24.0 Å². The molecule has 3 rings (SSSR count).